The summed E-state index contributed by atoms with van der Waals surface area (Å²) in [4.78, 5) is 42.8. The molecule has 0 spiro atoms. The molecule has 184 valence electrons. The number of nitrogens with zero attached hydrogens (tertiary/aromatic N) is 2. The van der Waals surface area contributed by atoms with Crippen LogP contribution in [-0.4, -0.2) is 47.0 Å². The van der Waals surface area contributed by atoms with Crippen LogP contribution < -0.4 is 15.0 Å². The first-order valence-corrected chi connectivity index (χ1v) is 12.2. The number of aromatic carboxylic acids is 1. The number of aliphatic imine (C=N–C) groups is 1. The van der Waals surface area contributed by atoms with E-state index in [1.165, 1.54) is 36.0 Å². The SMILES string of the molecule is COc1ccc(CCN=C(Nc2ccccc2)S[C@H]2CC(=O)N(c3ccc(C(=O)O)cc3)C2=O)cc1. The zero-order valence-electron chi connectivity index (χ0n) is 19.6. The van der Waals surface area contributed by atoms with E-state index < -0.39 is 11.2 Å². The van der Waals surface area contributed by atoms with Gasteiger partial charge in [0.1, 0.15) is 11.0 Å². The lowest BCUT2D eigenvalue weighted by Gasteiger charge is -2.16. The molecule has 2 amide bonds. The summed E-state index contributed by atoms with van der Waals surface area (Å²) >= 11 is 1.22. The van der Waals surface area contributed by atoms with Gasteiger partial charge in [0.2, 0.25) is 11.8 Å². The highest BCUT2D eigenvalue weighted by Crippen LogP contribution is 2.31. The number of anilines is 2. The van der Waals surface area contributed by atoms with Crippen molar-refractivity contribution in [3.05, 3.63) is 90.0 Å². The fourth-order valence-electron chi connectivity index (χ4n) is 3.69. The molecule has 1 aliphatic heterocycles. The Balaban J connectivity index is 1.48. The molecule has 9 heteroatoms. The first kappa shape index (κ1) is 25.0. The van der Waals surface area contributed by atoms with Crippen LogP contribution in [0.5, 0.6) is 5.75 Å². The predicted molar refractivity (Wildman–Crippen MR) is 141 cm³/mol. The smallest absolute Gasteiger partial charge is 0.335 e. The van der Waals surface area contributed by atoms with Crippen molar-refractivity contribution in [2.75, 3.05) is 23.9 Å². The lowest BCUT2D eigenvalue weighted by atomic mass is 10.1. The zero-order valence-corrected chi connectivity index (χ0v) is 20.4. The molecule has 0 aliphatic carbocycles. The van der Waals surface area contributed by atoms with Crippen LogP contribution in [0.4, 0.5) is 11.4 Å². The van der Waals surface area contributed by atoms with E-state index in [4.69, 9.17) is 14.8 Å². The Labute approximate surface area is 213 Å². The van der Waals surface area contributed by atoms with Gasteiger partial charge >= 0.3 is 5.97 Å². The number of nitrogens with one attached hydrogen (secondary N) is 1. The monoisotopic (exact) mass is 503 g/mol. The minimum absolute atomic E-state index is 0.0259. The van der Waals surface area contributed by atoms with Gasteiger partial charge in [-0.3, -0.25) is 14.6 Å². The number of thioether (sulfide) groups is 1. The number of benzene rings is 3. The van der Waals surface area contributed by atoms with Crippen molar-refractivity contribution >= 4 is 46.1 Å². The standard InChI is InChI=1S/C27H25N3O5S/c1-35-22-13-7-18(8-14-22)15-16-28-27(29-20-5-3-2-4-6-20)36-23-17-24(31)30(25(23)32)21-11-9-19(10-12-21)26(33)34/h2-14,23H,15-17H2,1H3,(H,28,29)(H,33,34)/t23-/m0/s1. The number of amidine groups is 1. The Morgan fingerprint density at radius 3 is 2.39 bits per heavy atom. The Bertz CT molecular complexity index is 1260. The number of rotatable bonds is 8. The van der Waals surface area contributed by atoms with Gasteiger partial charge in [-0.25, -0.2) is 9.69 Å². The molecule has 0 aromatic heterocycles. The predicted octanol–water partition coefficient (Wildman–Crippen LogP) is 4.47. The van der Waals surface area contributed by atoms with Gasteiger partial charge in [-0.2, -0.15) is 0 Å². The molecule has 0 unspecified atom stereocenters. The van der Waals surface area contributed by atoms with E-state index in [2.05, 4.69) is 5.32 Å². The maximum Gasteiger partial charge on any atom is 0.335 e. The molecule has 1 heterocycles. The molecular weight excluding hydrogens is 478 g/mol. The van der Waals surface area contributed by atoms with Crippen LogP contribution >= 0.6 is 11.8 Å². The molecule has 1 fully saturated rings. The molecule has 2 N–H and O–H groups in total. The van der Waals surface area contributed by atoms with Crippen molar-refractivity contribution in [1.29, 1.82) is 0 Å². The fraction of sp³-hybridized carbons (Fsp3) is 0.185. The van der Waals surface area contributed by atoms with Gasteiger partial charge in [0.15, 0.2) is 5.17 Å². The summed E-state index contributed by atoms with van der Waals surface area (Å²) in [6.07, 6.45) is 0.724. The normalized spacial score (nSPS) is 15.8. The molecule has 3 aromatic carbocycles. The Hall–Kier alpha value is -4.11. The molecule has 1 aliphatic rings. The van der Waals surface area contributed by atoms with Crippen LogP contribution in [0.25, 0.3) is 0 Å². The largest absolute Gasteiger partial charge is 0.497 e. The first-order valence-electron chi connectivity index (χ1n) is 11.3. The van der Waals surface area contributed by atoms with Crippen molar-refractivity contribution < 1.29 is 24.2 Å². The summed E-state index contributed by atoms with van der Waals surface area (Å²) in [5.41, 5.74) is 2.37. The maximum absolute atomic E-state index is 13.2. The van der Waals surface area contributed by atoms with Crippen molar-refractivity contribution in [3.8, 4) is 5.75 Å². The third kappa shape index (κ3) is 6.11. The van der Waals surface area contributed by atoms with Crippen LogP contribution in [0, 0.1) is 0 Å². The molecular formula is C27H25N3O5S. The Morgan fingerprint density at radius 1 is 1.06 bits per heavy atom. The van der Waals surface area contributed by atoms with E-state index in [0.29, 0.717) is 23.8 Å². The van der Waals surface area contributed by atoms with Crippen LogP contribution in [-0.2, 0) is 16.0 Å². The number of imide groups is 1. The number of ether oxygens (including phenoxy) is 1. The highest BCUT2D eigenvalue weighted by atomic mass is 32.2. The topological polar surface area (TPSA) is 108 Å². The highest BCUT2D eigenvalue weighted by Gasteiger charge is 2.40. The molecule has 36 heavy (non-hydrogen) atoms. The van der Waals surface area contributed by atoms with E-state index in [0.717, 1.165) is 21.9 Å². The molecule has 0 saturated carbocycles. The molecule has 4 rings (SSSR count). The van der Waals surface area contributed by atoms with Gasteiger partial charge in [0, 0.05) is 18.7 Å². The third-order valence-electron chi connectivity index (χ3n) is 5.57. The highest BCUT2D eigenvalue weighted by molar-refractivity contribution is 8.15. The van der Waals surface area contributed by atoms with Gasteiger partial charge in [0.25, 0.3) is 0 Å². The molecule has 3 aromatic rings. The number of carbonyl (C=O) groups is 3. The lowest BCUT2D eigenvalue weighted by molar-refractivity contribution is -0.121. The molecule has 1 saturated heterocycles. The summed E-state index contributed by atoms with van der Waals surface area (Å²) in [5, 5.41) is 12.3. The number of carbonyl (C=O) groups excluding carboxylic acids is 2. The minimum Gasteiger partial charge on any atom is -0.497 e. The quantitative estimate of drug-likeness (QED) is 0.265. The van der Waals surface area contributed by atoms with Crippen LogP contribution in [0.3, 0.4) is 0 Å². The zero-order chi connectivity index (χ0) is 25.5. The van der Waals surface area contributed by atoms with Gasteiger partial charge in [-0.05, 0) is 60.5 Å². The first-order chi connectivity index (χ1) is 17.4. The second-order valence-corrected chi connectivity index (χ2v) is 9.20. The summed E-state index contributed by atoms with van der Waals surface area (Å²) in [7, 11) is 1.62. The van der Waals surface area contributed by atoms with E-state index in [1.54, 1.807) is 7.11 Å². The number of hydrogen-bond donors (Lipinski definition) is 2. The van der Waals surface area contributed by atoms with E-state index in [9.17, 15) is 14.4 Å². The Morgan fingerprint density at radius 2 is 1.75 bits per heavy atom. The van der Waals surface area contributed by atoms with Crippen molar-refractivity contribution in [1.82, 2.24) is 0 Å². The van der Waals surface area contributed by atoms with Gasteiger partial charge in [0.05, 0.1) is 18.4 Å². The lowest BCUT2D eigenvalue weighted by Crippen LogP contribution is -2.31. The summed E-state index contributed by atoms with van der Waals surface area (Å²) in [5.74, 6) is -0.976. The Kier molecular flexibility index (Phi) is 8.02. The van der Waals surface area contributed by atoms with Gasteiger partial charge in [-0.1, -0.05) is 42.1 Å². The van der Waals surface area contributed by atoms with Crippen molar-refractivity contribution in [2.45, 2.75) is 18.1 Å². The van der Waals surface area contributed by atoms with Crippen LogP contribution in [0.15, 0.2) is 83.9 Å². The number of para-hydroxylation sites is 1. The summed E-state index contributed by atoms with van der Waals surface area (Å²) in [6.45, 7) is 0.490. The van der Waals surface area contributed by atoms with Crippen LogP contribution in [0.1, 0.15) is 22.3 Å². The average Bonchev–Trinajstić information content (AvgIpc) is 3.17. The van der Waals surface area contributed by atoms with Gasteiger partial charge in [-0.15, -0.1) is 0 Å². The number of methoxy groups -OCH3 is 1. The second-order valence-electron chi connectivity index (χ2n) is 8.01. The fourth-order valence-corrected chi connectivity index (χ4v) is 4.73. The summed E-state index contributed by atoms with van der Waals surface area (Å²) < 4.78 is 5.20. The number of amides is 2. The van der Waals surface area contributed by atoms with E-state index in [-0.39, 0.29) is 23.8 Å². The van der Waals surface area contributed by atoms with Crippen molar-refractivity contribution in [2.24, 2.45) is 4.99 Å². The molecule has 0 bridgehead atoms. The maximum atomic E-state index is 13.2. The van der Waals surface area contributed by atoms with E-state index >= 15 is 0 Å². The number of hydrogen-bond acceptors (Lipinski definition) is 6. The van der Waals surface area contributed by atoms with Gasteiger partial charge < -0.3 is 15.2 Å². The number of carboxylic acid groups (broad SMARTS) is 1. The molecule has 0 radical (unpaired) electrons. The summed E-state index contributed by atoms with van der Waals surface area (Å²) in [6, 6.07) is 23.0. The van der Waals surface area contributed by atoms with Crippen LogP contribution in [0.2, 0.25) is 0 Å². The van der Waals surface area contributed by atoms with E-state index in [1.807, 2.05) is 54.6 Å². The molecule has 1 atom stereocenters. The number of carboxylic acids is 1. The minimum atomic E-state index is -1.07. The molecule has 8 nitrogen and oxygen atoms in total. The third-order valence-corrected chi connectivity index (χ3v) is 6.68. The second kappa shape index (κ2) is 11.5. The average molecular weight is 504 g/mol. The van der Waals surface area contributed by atoms with Crippen molar-refractivity contribution in [3.63, 3.8) is 0 Å².